The van der Waals surface area contributed by atoms with E-state index in [2.05, 4.69) is 15.5 Å². The lowest BCUT2D eigenvalue weighted by Gasteiger charge is -2.27. The second-order valence-corrected chi connectivity index (χ2v) is 7.80. The number of nitrogens with one attached hydrogen (secondary N) is 2. The molecule has 1 aromatic rings. The smallest absolute Gasteiger partial charge is 0.223 e. The zero-order valence-electron chi connectivity index (χ0n) is 14.0. The molecule has 24 heavy (non-hydrogen) atoms. The molecule has 1 aromatic carbocycles. The zero-order valence-corrected chi connectivity index (χ0v) is 14.8. The van der Waals surface area contributed by atoms with E-state index in [1.807, 2.05) is 0 Å². The number of amides is 1. The Bertz CT molecular complexity index is 625. The van der Waals surface area contributed by atoms with E-state index < -0.39 is 9.84 Å². The van der Waals surface area contributed by atoms with Crippen LogP contribution in [0.2, 0.25) is 0 Å². The minimum absolute atomic E-state index is 0.0436. The molecule has 7 nitrogen and oxygen atoms in total. The summed E-state index contributed by atoms with van der Waals surface area (Å²) in [4.78, 5) is 14.3. The monoisotopic (exact) mass is 355 g/mol. The van der Waals surface area contributed by atoms with Gasteiger partial charge in [0.25, 0.3) is 0 Å². The van der Waals surface area contributed by atoms with E-state index in [0.717, 1.165) is 39.0 Å². The first-order valence-corrected chi connectivity index (χ1v) is 9.97. The number of sulfone groups is 1. The summed E-state index contributed by atoms with van der Waals surface area (Å²) in [5.74, 6) is 0.508. The highest BCUT2D eigenvalue weighted by atomic mass is 32.2. The Balaban J connectivity index is 1.61. The number of ether oxygens (including phenoxy) is 1. The highest BCUT2D eigenvalue weighted by molar-refractivity contribution is 7.90. The van der Waals surface area contributed by atoms with Crippen molar-refractivity contribution in [3.63, 3.8) is 0 Å². The second kappa shape index (κ2) is 9.00. The molecule has 0 aliphatic carbocycles. The summed E-state index contributed by atoms with van der Waals surface area (Å²) >= 11 is 0. The fourth-order valence-corrected chi connectivity index (χ4v) is 3.05. The predicted octanol–water partition coefficient (Wildman–Crippen LogP) is -0.120. The van der Waals surface area contributed by atoms with Crippen LogP contribution in [0.1, 0.15) is 6.42 Å². The summed E-state index contributed by atoms with van der Waals surface area (Å²) < 4.78 is 28.2. The molecular formula is C16H25N3O4S. The second-order valence-electron chi connectivity index (χ2n) is 5.78. The highest BCUT2D eigenvalue weighted by Crippen LogP contribution is 2.15. The maximum atomic E-state index is 11.8. The van der Waals surface area contributed by atoms with Crippen molar-refractivity contribution in [2.24, 2.45) is 0 Å². The number of benzene rings is 1. The number of piperazine rings is 1. The van der Waals surface area contributed by atoms with Crippen molar-refractivity contribution in [1.29, 1.82) is 0 Å². The Labute approximate surface area is 143 Å². The summed E-state index contributed by atoms with van der Waals surface area (Å²) in [6.07, 6.45) is 1.43. The van der Waals surface area contributed by atoms with Crippen LogP contribution >= 0.6 is 0 Å². The molecule has 0 saturated carbocycles. The van der Waals surface area contributed by atoms with Crippen molar-refractivity contribution in [2.75, 3.05) is 52.1 Å². The molecule has 2 N–H and O–H groups in total. The van der Waals surface area contributed by atoms with Crippen LogP contribution in [0.3, 0.4) is 0 Å². The van der Waals surface area contributed by atoms with Gasteiger partial charge in [-0.15, -0.1) is 0 Å². The van der Waals surface area contributed by atoms with Crippen LogP contribution in [0.25, 0.3) is 0 Å². The lowest BCUT2D eigenvalue weighted by Crippen LogP contribution is -2.46. The van der Waals surface area contributed by atoms with Crippen molar-refractivity contribution in [1.82, 2.24) is 15.5 Å². The number of carbonyl (C=O) groups excluding carboxylic acids is 1. The van der Waals surface area contributed by atoms with E-state index in [-0.39, 0.29) is 23.8 Å². The lowest BCUT2D eigenvalue weighted by molar-refractivity contribution is -0.121. The van der Waals surface area contributed by atoms with Gasteiger partial charge in [-0.2, -0.15) is 0 Å². The van der Waals surface area contributed by atoms with Crippen molar-refractivity contribution in [2.45, 2.75) is 11.3 Å². The number of nitrogens with zero attached hydrogens (tertiary/aromatic N) is 1. The molecule has 0 radical (unpaired) electrons. The Morgan fingerprint density at radius 2 is 1.92 bits per heavy atom. The van der Waals surface area contributed by atoms with Gasteiger partial charge in [0.05, 0.1) is 17.9 Å². The normalized spacial score (nSPS) is 15.9. The third kappa shape index (κ3) is 6.46. The van der Waals surface area contributed by atoms with E-state index in [1.54, 1.807) is 12.1 Å². The van der Waals surface area contributed by atoms with Crippen molar-refractivity contribution in [3.05, 3.63) is 24.3 Å². The Kier molecular flexibility index (Phi) is 7.01. The summed E-state index contributed by atoms with van der Waals surface area (Å²) in [5, 5.41) is 6.17. The minimum atomic E-state index is -3.20. The standard InChI is InChI=1S/C16H25N3O4S/c1-24(21,22)15-4-2-14(3-5-15)23-13-6-16(20)18-9-12-19-10-7-17-8-11-19/h2-5,17H,6-13H2,1H3,(H,18,20). The van der Waals surface area contributed by atoms with Crippen molar-refractivity contribution >= 4 is 15.7 Å². The maximum absolute atomic E-state index is 11.8. The van der Waals surface area contributed by atoms with Gasteiger partial charge in [0.1, 0.15) is 5.75 Å². The van der Waals surface area contributed by atoms with Gasteiger partial charge >= 0.3 is 0 Å². The Morgan fingerprint density at radius 3 is 2.54 bits per heavy atom. The molecule has 1 amide bonds. The van der Waals surface area contributed by atoms with Crippen LogP contribution in [-0.2, 0) is 14.6 Å². The molecule has 0 aromatic heterocycles. The molecule has 0 unspecified atom stereocenters. The molecule has 1 saturated heterocycles. The molecule has 8 heteroatoms. The quantitative estimate of drug-likeness (QED) is 0.676. The Hall–Kier alpha value is -1.64. The molecule has 2 rings (SSSR count). The van der Waals surface area contributed by atoms with Crippen LogP contribution in [0, 0.1) is 0 Å². The number of carbonyl (C=O) groups is 1. The maximum Gasteiger partial charge on any atom is 0.223 e. The molecular weight excluding hydrogens is 330 g/mol. The van der Waals surface area contributed by atoms with Gasteiger partial charge in [-0.25, -0.2) is 8.42 Å². The van der Waals surface area contributed by atoms with E-state index in [1.165, 1.54) is 12.1 Å². The Morgan fingerprint density at radius 1 is 1.25 bits per heavy atom. The first-order chi connectivity index (χ1) is 11.4. The van der Waals surface area contributed by atoms with E-state index >= 15 is 0 Å². The van der Waals surface area contributed by atoms with Gasteiger partial charge < -0.3 is 15.4 Å². The molecule has 0 atom stereocenters. The molecule has 1 aliphatic heterocycles. The van der Waals surface area contributed by atoms with E-state index in [4.69, 9.17) is 4.74 Å². The molecule has 0 spiro atoms. The molecule has 1 aliphatic rings. The van der Waals surface area contributed by atoms with Crippen LogP contribution in [-0.4, -0.2) is 71.4 Å². The van der Waals surface area contributed by atoms with E-state index in [0.29, 0.717) is 12.3 Å². The van der Waals surface area contributed by atoms with Crippen LogP contribution < -0.4 is 15.4 Å². The van der Waals surface area contributed by atoms with Crippen LogP contribution in [0.5, 0.6) is 5.75 Å². The third-order valence-corrected chi connectivity index (χ3v) is 4.94. The van der Waals surface area contributed by atoms with Gasteiger partial charge in [-0.1, -0.05) is 0 Å². The highest BCUT2D eigenvalue weighted by Gasteiger charge is 2.10. The summed E-state index contributed by atoms with van der Waals surface area (Å²) in [6, 6.07) is 6.19. The average molecular weight is 355 g/mol. The lowest BCUT2D eigenvalue weighted by atomic mass is 10.3. The van der Waals surface area contributed by atoms with Gasteiger partial charge in [-0.3, -0.25) is 9.69 Å². The van der Waals surface area contributed by atoms with Crippen LogP contribution in [0.4, 0.5) is 0 Å². The summed E-state index contributed by atoms with van der Waals surface area (Å²) in [6.45, 7) is 5.80. The number of rotatable bonds is 8. The average Bonchev–Trinajstić information content (AvgIpc) is 2.55. The topological polar surface area (TPSA) is 87.7 Å². The predicted molar refractivity (Wildman–Crippen MR) is 92.0 cm³/mol. The molecule has 134 valence electrons. The van der Waals surface area contributed by atoms with E-state index in [9.17, 15) is 13.2 Å². The van der Waals surface area contributed by atoms with Crippen molar-refractivity contribution in [3.8, 4) is 5.75 Å². The number of hydrogen-bond acceptors (Lipinski definition) is 6. The van der Waals surface area contributed by atoms with Gasteiger partial charge in [0, 0.05) is 45.5 Å². The largest absolute Gasteiger partial charge is 0.493 e. The first kappa shape index (κ1) is 18.7. The fourth-order valence-electron chi connectivity index (χ4n) is 2.42. The fraction of sp³-hybridized carbons (Fsp3) is 0.562. The summed E-state index contributed by atoms with van der Waals surface area (Å²) in [5.41, 5.74) is 0. The molecule has 0 bridgehead atoms. The first-order valence-electron chi connectivity index (χ1n) is 8.08. The molecule has 1 heterocycles. The zero-order chi connectivity index (χ0) is 17.4. The third-order valence-electron chi connectivity index (χ3n) is 3.81. The van der Waals surface area contributed by atoms with Gasteiger partial charge in [0.2, 0.25) is 5.91 Å². The molecule has 1 fully saturated rings. The van der Waals surface area contributed by atoms with Crippen LogP contribution in [0.15, 0.2) is 29.2 Å². The number of hydrogen-bond donors (Lipinski definition) is 2. The van der Waals surface area contributed by atoms with Gasteiger partial charge in [-0.05, 0) is 24.3 Å². The van der Waals surface area contributed by atoms with Crippen molar-refractivity contribution < 1.29 is 17.9 Å². The summed E-state index contributed by atoms with van der Waals surface area (Å²) in [7, 11) is -3.20. The SMILES string of the molecule is CS(=O)(=O)c1ccc(OCCC(=O)NCCN2CCNCC2)cc1. The minimum Gasteiger partial charge on any atom is -0.493 e. The van der Waals surface area contributed by atoms with Gasteiger partial charge in [0.15, 0.2) is 9.84 Å².